The molecule has 0 aliphatic carbocycles. The highest BCUT2D eigenvalue weighted by Gasteiger charge is 2.21. The minimum absolute atomic E-state index is 0.0252. The average molecular weight is 317 g/mol. The summed E-state index contributed by atoms with van der Waals surface area (Å²) in [5.74, 6) is -1.43. The van der Waals surface area contributed by atoms with Crippen molar-refractivity contribution in [1.82, 2.24) is 15.1 Å². The standard InChI is InChI=1S/C16H19N3O4/c1-19-13(7-8-18-19)15(20)17-10-12(16(21)22)9-11-5-3-4-6-14(11)23-2/h3-8,12H,9-10H2,1-2H3,(H,17,20)(H,21,22). The summed E-state index contributed by atoms with van der Waals surface area (Å²) >= 11 is 0. The predicted molar refractivity (Wildman–Crippen MR) is 83.4 cm³/mol. The van der Waals surface area contributed by atoms with Gasteiger partial charge in [0, 0.05) is 19.8 Å². The van der Waals surface area contributed by atoms with Crippen LogP contribution in [0.15, 0.2) is 36.5 Å². The second kappa shape index (κ2) is 7.44. The number of carboxylic acid groups (broad SMARTS) is 1. The molecule has 0 aliphatic rings. The van der Waals surface area contributed by atoms with Gasteiger partial charge in [0.15, 0.2) is 0 Å². The monoisotopic (exact) mass is 317 g/mol. The lowest BCUT2D eigenvalue weighted by molar-refractivity contribution is -0.141. The smallest absolute Gasteiger partial charge is 0.308 e. The Morgan fingerprint density at radius 1 is 1.35 bits per heavy atom. The first kappa shape index (κ1) is 16.5. The summed E-state index contributed by atoms with van der Waals surface area (Å²) in [6, 6.07) is 8.82. The Hall–Kier alpha value is -2.83. The molecule has 2 N–H and O–H groups in total. The van der Waals surface area contributed by atoms with E-state index >= 15 is 0 Å². The second-order valence-corrected chi connectivity index (χ2v) is 5.10. The molecule has 7 nitrogen and oxygen atoms in total. The van der Waals surface area contributed by atoms with Crippen LogP contribution in [-0.4, -0.2) is 40.4 Å². The molecule has 1 amide bonds. The molecule has 1 atom stereocenters. The van der Waals surface area contributed by atoms with Crippen LogP contribution in [0.25, 0.3) is 0 Å². The van der Waals surface area contributed by atoms with Crippen molar-refractivity contribution >= 4 is 11.9 Å². The number of benzene rings is 1. The summed E-state index contributed by atoms with van der Waals surface area (Å²) in [7, 11) is 3.19. The fourth-order valence-corrected chi connectivity index (χ4v) is 2.29. The molecule has 122 valence electrons. The van der Waals surface area contributed by atoms with Gasteiger partial charge in [-0.05, 0) is 24.1 Å². The van der Waals surface area contributed by atoms with E-state index in [-0.39, 0.29) is 18.9 Å². The molecule has 0 radical (unpaired) electrons. The van der Waals surface area contributed by atoms with Crippen molar-refractivity contribution in [2.75, 3.05) is 13.7 Å². The third-order valence-electron chi connectivity index (χ3n) is 3.57. The summed E-state index contributed by atoms with van der Waals surface area (Å²) in [5, 5.41) is 15.9. The minimum atomic E-state index is -0.971. The number of carbonyl (C=O) groups excluding carboxylic acids is 1. The van der Waals surface area contributed by atoms with Gasteiger partial charge >= 0.3 is 5.97 Å². The van der Waals surface area contributed by atoms with Crippen molar-refractivity contribution in [3.63, 3.8) is 0 Å². The number of amides is 1. The number of para-hydroxylation sites is 1. The number of ether oxygens (including phenoxy) is 1. The maximum Gasteiger partial charge on any atom is 0.308 e. The predicted octanol–water partition coefficient (Wildman–Crippen LogP) is 1.10. The number of methoxy groups -OCH3 is 1. The van der Waals surface area contributed by atoms with Gasteiger partial charge in [-0.25, -0.2) is 0 Å². The summed E-state index contributed by atoms with van der Waals surface area (Å²) in [5.41, 5.74) is 1.17. The van der Waals surface area contributed by atoms with E-state index in [0.717, 1.165) is 5.56 Å². The highest BCUT2D eigenvalue weighted by molar-refractivity contribution is 5.92. The molecule has 0 saturated carbocycles. The molecular weight excluding hydrogens is 298 g/mol. The number of aryl methyl sites for hydroxylation is 1. The molecular formula is C16H19N3O4. The lowest BCUT2D eigenvalue weighted by Crippen LogP contribution is -2.35. The first-order chi connectivity index (χ1) is 11.0. The van der Waals surface area contributed by atoms with E-state index in [2.05, 4.69) is 10.4 Å². The maximum absolute atomic E-state index is 12.0. The van der Waals surface area contributed by atoms with Crippen molar-refractivity contribution in [2.45, 2.75) is 6.42 Å². The van der Waals surface area contributed by atoms with Crippen molar-refractivity contribution in [3.8, 4) is 5.75 Å². The molecule has 7 heteroatoms. The third-order valence-corrected chi connectivity index (χ3v) is 3.57. The van der Waals surface area contributed by atoms with Crippen molar-refractivity contribution in [3.05, 3.63) is 47.8 Å². The zero-order valence-corrected chi connectivity index (χ0v) is 13.0. The lowest BCUT2D eigenvalue weighted by Gasteiger charge is -2.15. The van der Waals surface area contributed by atoms with Gasteiger partial charge < -0.3 is 15.2 Å². The summed E-state index contributed by atoms with van der Waals surface area (Å²) in [6.45, 7) is 0.0252. The number of nitrogens with zero attached hydrogens (tertiary/aromatic N) is 2. The molecule has 1 unspecified atom stereocenters. The van der Waals surface area contributed by atoms with E-state index in [4.69, 9.17) is 4.74 Å². The van der Waals surface area contributed by atoms with E-state index in [9.17, 15) is 14.7 Å². The molecule has 23 heavy (non-hydrogen) atoms. The Bertz CT molecular complexity index is 696. The van der Waals surface area contributed by atoms with Gasteiger partial charge in [0.2, 0.25) is 0 Å². The van der Waals surface area contributed by atoms with Crippen LogP contribution in [0.2, 0.25) is 0 Å². The third kappa shape index (κ3) is 4.09. The van der Waals surface area contributed by atoms with Gasteiger partial charge in [-0.3, -0.25) is 14.3 Å². The van der Waals surface area contributed by atoms with Crippen LogP contribution in [0, 0.1) is 5.92 Å². The molecule has 1 aromatic heterocycles. The van der Waals surface area contributed by atoms with Crippen LogP contribution in [0.3, 0.4) is 0 Å². The Morgan fingerprint density at radius 3 is 2.70 bits per heavy atom. The number of hydrogen-bond donors (Lipinski definition) is 2. The topological polar surface area (TPSA) is 93.5 Å². The zero-order valence-electron chi connectivity index (χ0n) is 13.0. The number of nitrogens with one attached hydrogen (secondary N) is 1. The van der Waals surface area contributed by atoms with Gasteiger partial charge in [-0.1, -0.05) is 18.2 Å². The number of aromatic nitrogens is 2. The highest BCUT2D eigenvalue weighted by atomic mass is 16.5. The summed E-state index contributed by atoms with van der Waals surface area (Å²) < 4.78 is 6.67. The van der Waals surface area contributed by atoms with E-state index < -0.39 is 11.9 Å². The number of carbonyl (C=O) groups is 2. The SMILES string of the molecule is COc1ccccc1CC(CNC(=O)c1ccnn1C)C(=O)O. The minimum Gasteiger partial charge on any atom is -0.496 e. The molecule has 1 heterocycles. The van der Waals surface area contributed by atoms with Crippen molar-refractivity contribution < 1.29 is 19.4 Å². The van der Waals surface area contributed by atoms with Gasteiger partial charge in [-0.15, -0.1) is 0 Å². The number of carboxylic acids is 1. The van der Waals surface area contributed by atoms with Gasteiger partial charge in [-0.2, -0.15) is 5.10 Å². The molecule has 0 saturated heterocycles. The fraction of sp³-hybridized carbons (Fsp3) is 0.312. The largest absolute Gasteiger partial charge is 0.496 e. The first-order valence-electron chi connectivity index (χ1n) is 7.13. The quantitative estimate of drug-likeness (QED) is 0.797. The number of hydrogen-bond acceptors (Lipinski definition) is 4. The Morgan fingerprint density at radius 2 is 2.09 bits per heavy atom. The normalized spacial score (nSPS) is 11.7. The fourth-order valence-electron chi connectivity index (χ4n) is 2.29. The summed E-state index contributed by atoms with van der Waals surface area (Å²) in [6.07, 6.45) is 1.78. The summed E-state index contributed by atoms with van der Waals surface area (Å²) in [4.78, 5) is 23.5. The van der Waals surface area contributed by atoms with Crippen LogP contribution < -0.4 is 10.1 Å². The van der Waals surface area contributed by atoms with Crippen molar-refractivity contribution in [1.29, 1.82) is 0 Å². The Balaban J connectivity index is 2.03. The molecule has 0 bridgehead atoms. The molecule has 2 aromatic rings. The number of aliphatic carboxylic acids is 1. The van der Waals surface area contributed by atoms with Crippen LogP contribution in [0.5, 0.6) is 5.75 Å². The lowest BCUT2D eigenvalue weighted by atomic mass is 9.98. The van der Waals surface area contributed by atoms with Crippen molar-refractivity contribution in [2.24, 2.45) is 13.0 Å². The van der Waals surface area contributed by atoms with Gasteiger partial charge in [0.25, 0.3) is 5.91 Å². The first-order valence-corrected chi connectivity index (χ1v) is 7.13. The molecule has 0 aliphatic heterocycles. The van der Waals surface area contributed by atoms with Gasteiger partial charge in [0.1, 0.15) is 11.4 Å². The van der Waals surface area contributed by atoms with E-state index in [1.54, 1.807) is 26.3 Å². The van der Waals surface area contributed by atoms with Crippen LogP contribution in [0.4, 0.5) is 0 Å². The van der Waals surface area contributed by atoms with Crippen LogP contribution >= 0.6 is 0 Å². The average Bonchev–Trinajstić information content (AvgIpc) is 2.97. The van der Waals surface area contributed by atoms with E-state index in [1.807, 2.05) is 18.2 Å². The highest BCUT2D eigenvalue weighted by Crippen LogP contribution is 2.21. The van der Waals surface area contributed by atoms with Crippen LogP contribution in [-0.2, 0) is 18.3 Å². The molecule has 1 aromatic carbocycles. The molecule has 2 rings (SSSR count). The Labute approximate surface area is 133 Å². The number of rotatable bonds is 7. The molecule has 0 fully saturated rings. The Kier molecular flexibility index (Phi) is 5.35. The van der Waals surface area contributed by atoms with Crippen LogP contribution in [0.1, 0.15) is 16.1 Å². The molecule has 0 spiro atoms. The van der Waals surface area contributed by atoms with E-state index in [0.29, 0.717) is 11.4 Å². The van der Waals surface area contributed by atoms with Gasteiger partial charge in [0.05, 0.1) is 13.0 Å². The second-order valence-electron chi connectivity index (χ2n) is 5.10. The van der Waals surface area contributed by atoms with E-state index in [1.165, 1.54) is 10.9 Å². The zero-order chi connectivity index (χ0) is 16.8. The maximum atomic E-state index is 12.0.